The van der Waals surface area contributed by atoms with E-state index in [1.54, 1.807) is 43.3 Å². The standard InChI is InChI=1S/C16H11Cl2NO3/c1-2-21-16(20)10(9-19)7-12-4-6-15(22-12)13-8-11(17)3-5-14(13)18/h3-8H,2H2,1H3. The summed E-state index contributed by atoms with van der Waals surface area (Å²) in [6.07, 6.45) is 1.32. The molecule has 22 heavy (non-hydrogen) atoms. The second-order valence-electron chi connectivity index (χ2n) is 4.22. The molecule has 0 aliphatic carbocycles. The van der Waals surface area contributed by atoms with Crippen molar-refractivity contribution in [3.8, 4) is 17.4 Å². The molecule has 0 fully saturated rings. The van der Waals surface area contributed by atoms with Crippen molar-refractivity contribution in [2.24, 2.45) is 0 Å². The number of esters is 1. The summed E-state index contributed by atoms with van der Waals surface area (Å²) < 4.78 is 10.4. The minimum atomic E-state index is -0.691. The number of nitrogens with zero attached hydrogens (tertiary/aromatic N) is 1. The van der Waals surface area contributed by atoms with Crippen molar-refractivity contribution in [3.05, 3.63) is 51.7 Å². The highest BCUT2D eigenvalue weighted by Gasteiger charge is 2.13. The molecule has 4 nitrogen and oxygen atoms in total. The van der Waals surface area contributed by atoms with E-state index in [2.05, 4.69) is 0 Å². The fourth-order valence-corrected chi connectivity index (χ4v) is 2.13. The number of rotatable bonds is 4. The van der Waals surface area contributed by atoms with Crippen LogP contribution in [0.25, 0.3) is 17.4 Å². The number of benzene rings is 1. The predicted octanol–water partition coefficient (Wildman–Crippen LogP) is 4.72. The van der Waals surface area contributed by atoms with E-state index in [0.717, 1.165) is 0 Å². The quantitative estimate of drug-likeness (QED) is 0.460. The van der Waals surface area contributed by atoms with Crippen molar-refractivity contribution in [1.29, 1.82) is 5.26 Å². The zero-order valence-electron chi connectivity index (χ0n) is 11.6. The van der Waals surface area contributed by atoms with Gasteiger partial charge in [-0.2, -0.15) is 5.26 Å². The second kappa shape index (κ2) is 7.17. The molecule has 0 aliphatic heterocycles. The van der Waals surface area contributed by atoms with Crippen LogP contribution in [0.3, 0.4) is 0 Å². The van der Waals surface area contributed by atoms with Crippen molar-refractivity contribution < 1.29 is 13.9 Å². The van der Waals surface area contributed by atoms with Crippen molar-refractivity contribution >= 4 is 35.2 Å². The Bertz CT molecular complexity index is 772. The number of carbonyl (C=O) groups excluding carboxylic acids is 1. The molecule has 112 valence electrons. The van der Waals surface area contributed by atoms with E-state index >= 15 is 0 Å². The number of halogens is 2. The fourth-order valence-electron chi connectivity index (χ4n) is 1.75. The summed E-state index contributed by atoms with van der Waals surface area (Å²) in [5.74, 6) is 0.138. The van der Waals surface area contributed by atoms with Gasteiger partial charge in [-0.1, -0.05) is 23.2 Å². The van der Waals surface area contributed by atoms with E-state index < -0.39 is 5.97 Å². The van der Waals surface area contributed by atoms with Crippen LogP contribution in [-0.4, -0.2) is 12.6 Å². The first kappa shape index (κ1) is 16.2. The average molecular weight is 336 g/mol. The molecule has 0 atom stereocenters. The van der Waals surface area contributed by atoms with Crippen LogP contribution in [0, 0.1) is 11.3 Å². The monoisotopic (exact) mass is 335 g/mol. The fraction of sp³-hybridized carbons (Fsp3) is 0.125. The molecule has 2 rings (SSSR count). The predicted molar refractivity (Wildman–Crippen MR) is 84.4 cm³/mol. The topological polar surface area (TPSA) is 63.2 Å². The molecule has 0 saturated carbocycles. The smallest absolute Gasteiger partial charge is 0.349 e. The SMILES string of the molecule is CCOC(=O)C(C#N)=Cc1ccc(-c2cc(Cl)ccc2Cl)o1. The van der Waals surface area contributed by atoms with Gasteiger partial charge in [0.25, 0.3) is 0 Å². The lowest BCUT2D eigenvalue weighted by atomic mass is 10.2. The third kappa shape index (κ3) is 3.70. The molecule has 0 N–H and O–H groups in total. The lowest BCUT2D eigenvalue weighted by molar-refractivity contribution is -0.137. The maximum Gasteiger partial charge on any atom is 0.349 e. The van der Waals surface area contributed by atoms with Crippen LogP contribution in [-0.2, 0) is 9.53 Å². The molecule has 1 aromatic heterocycles. The zero-order chi connectivity index (χ0) is 16.1. The van der Waals surface area contributed by atoms with Crippen LogP contribution < -0.4 is 0 Å². The molecule has 1 heterocycles. The van der Waals surface area contributed by atoms with Crippen molar-refractivity contribution in [3.63, 3.8) is 0 Å². The average Bonchev–Trinajstić information content (AvgIpc) is 2.96. The molecular weight excluding hydrogens is 325 g/mol. The van der Waals surface area contributed by atoms with E-state index in [9.17, 15) is 4.79 Å². The maximum atomic E-state index is 11.6. The Morgan fingerprint density at radius 3 is 2.82 bits per heavy atom. The van der Waals surface area contributed by atoms with Crippen LogP contribution >= 0.6 is 23.2 Å². The first-order valence-corrected chi connectivity index (χ1v) is 7.15. The summed E-state index contributed by atoms with van der Waals surface area (Å²) in [4.78, 5) is 11.6. The van der Waals surface area contributed by atoms with E-state index in [1.165, 1.54) is 6.08 Å². The summed E-state index contributed by atoms with van der Waals surface area (Å²) in [5.41, 5.74) is 0.489. The zero-order valence-corrected chi connectivity index (χ0v) is 13.1. The Morgan fingerprint density at radius 1 is 1.36 bits per heavy atom. The van der Waals surface area contributed by atoms with Gasteiger partial charge in [0, 0.05) is 16.7 Å². The summed E-state index contributed by atoms with van der Waals surface area (Å²) >= 11 is 12.0. The Morgan fingerprint density at radius 2 is 2.14 bits per heavy atom. The second-order valence-corrected chi connectivity index (χ2v) is 5.06. The summed E-state index contributed by atoms with van der Waals surface area (Å²) in [6.45, 7) is 1.86. The van der Waals surface area contributed by atoms with Gasteiger partial charge in [0.15, 0.2) is 0 Å². The minimum Gasteiger partial charge on any atom is -0.462 e. The first-order valence-electron chi connectivity index (χ1n) is 6.39. The third-order valence-electron chi connectivity index (χ3n) is 2.72. The van der Waals surface area contributed by atoms with E-state index in [1.807, 2.05) is 0 Å². The molecule has 0 spiro atoms. The summed E-state index contributed by atoms with van der Waals surface area (Å²) in [6, 6.07) is 10.1. The number of ether oxygens (including phenoxy) is 1. The van der Waals surface area contributed by atoms with Gasteiger partial charge < -0.3 is 9.15 Å². The van der Waals surface area contributed by atoms with Gasteiger partial charge in [-0.3, -0.25) is 0 Å². The Balaban J connectivity index is 2.34. The van der Waals surface area contributed by atoms with Crippen LogP contribution in [0.15, 0.2) is 40.3 Å². The summed E-state index contributed by atoms with van der Waals surface area (Å²) in [7, 11) is 0. The largest absolute Gasteiger partial charge is 0.462 e. The Hall–Kier alpha value is -2.22. The molecule has 0 unspecified atom stereocenters. The Labute approximate surface area is 137 Å². The number of hydrogen-bond donors (Lipinski definition) is 0. The minimum absolute atomic E-state index is 0.139. The molecule has 1 aromatic carbocycles. The lowest BCUT2D eigenvalue weighted by Crippen LogP contribution is -2.05. The number of nitriles is 1. The highest BCUT2D eigenvalue weighted by atomic mass is 35.5. The lowest BCUT2D eigenvalue weighted by Gasteiger charge is -2.01. The van der Waals surface area contributed by atoms with E-state index in [0.29, 0.717) is 27.1 Å². The van der Waals surface area contributed by atoms with Gasteiger partial charge in [0.2, 0.25) is 0 Å². The highest BCUT2D eigenvalue weighted by Crippen LogP contribution is 2.32. The van der Waals surface area contributed by atoms with Crippen molar-refractivity contribution in [1.82, 2.24) is 0 Å². The molecule has 0 saturated heterocycles. The van der Waals surface area contributed by atoms with E-state index in [-0.39, 0.29) is 12.2 Å². The van der Waals surface area contributed by atoms with Gasteiger partial charge in [-0.15, -0.1) is 0 Å². The molecule has 0 radical (unpaired) electrons. The maximum absolute atomic E-state index is 11.6. The Kier molecular flexibility index (Phi) is 5.26. The molecular formula is C16H11Cl2NO3. The molecule has 2 aromatic rings. The van der Waals surface area contributed by atoms with Gasteiger partial charge in [0.1, 0.15) is 23.2 Å². The van der Waals surface area contributed by atoms with E-state index in [4.69, 9.17) is 37.6 Å². The first-order chi connectivity index (χ1) is 10.5. The molecule has 0 amide bonds. The third-order valence-corrected chi connectivity index (χ3v) is 3.29. The van der Waals surface area contributed by atoms with Crippen molar-refractivity contribution in [2.45, 2.75) is 6.92 Å². The van der Waals surface area contributed by atoms with Gasteiger partial charge >= 0.3 is 5.97 Å². The summed E-state index contributed by atoms with van der Waals surface area (Å²) in [5, 5.41) is 10.0. The number of hydrogen-bond acceptors (Lipinski definition) is 4. The van der Waals surface area contributed by atoms with Crippen LogP contribution in [0.2, 0.25) is 10.0 Å². The highest BCUT2D eigenvalue weighted by molar-refractivity contribution is 6.35. The number of furan rings is 1. The van der Waals surface area contributed by atoms with Crippen molar-refractivity contribution in [2.75, 3.05) is 6.61 Å². The van der Waals surface area contributed by atoms with Gasteiger partial charge in [-0.25, -0.2) is 4.79 Å². The van der Waals surface area contributed by atoms with Gasteiger partial charge in [-0.05, 0) is 37.3 Å². The molecule has 0 bridgehead atoms. The van der Waals surface area contributed by atoms with Crippen LogP contribution in [0.4, 0.5) is 0 Å². The van der Waals surface area contributed by atoms with Crippen LogP contribution in [0.1, 0.15) is 12.7 Å². The molecule has 6 heteroatoms. The van der Waals surface area contributed by atoms with Gasteiger partial charge in [0.05, 0.1) is 11.6 Å². The normalized spacial score (nSPS) is 11.1. The van der Waals surface area contributed by atoms with Crippen LogP contribution in [0.5, 0.6) is 0 Å². The molecule has 0 aliphatic rings. The number of carbonyl (C=O) groups is 1.